The Kier molecular flexibility index (Phi) is 6.43. The number of nitrogens with one attached hydrogen (secondary N) is 1. The van der Waals surface area contributed by atoms with Gasteiger partial charge >= 0.3 is 0 Å². The van der Waals surface area contributed by atoms with E-state index < -0.39 is 16.8 Å². The zero-order valence-electron chi connectivity index (χ0n) is 18.9. The van der Waals surface area contributed by atoms with Gasteiger partial charge in [-0.2, -0.15) is 10.2 Å². The second-order valence-corrected chi connectivity index (χ2v) is 10.5. The van der Waals surface area contributed by atoms with Gasteiger partial charge in [-0.05, 0) is 37.1 Å². The molecule has 0 saturated carbocycles. The van der Waals surface area contributed by atoms with Crippen LogP contribution in [0.25, 0.3) is 6.08 Å². The van der Waals surface area contributed by atoms with Crippen molar-refractivity contribution in [1.82, 2.24) is 9.97 Å². The van der Waals surface area contributed by atoms with Crippen molar-refractivity contribution in [2.24, 2.45) is 5.92 Å². The molecule has 0 spiro atoms. The van der Waals surface area contributed by atoms with Gasteiger partial charge in [-0.1, -0.05) is 66.6 Å². The Morgan fingerprint density at radius 1 is 1.12 bits per heavy atom. The van der Waals surface area contributed by atoms with Gasteiger partial charge in [0.1, 0.15) is 22.3 Å². The first-order valence-electron chi connectivity index (χ1n) is 10.6. The number of nitrogens with zero attached hydrogens (tertiary/aromatic N) is 4. The molecule has 1 aliphatic rings. The van der Waals surface area contributed by atoms with Crippen LogP contribution in [0.5, 0.6) is 0 Å². The Labute approximate surface area is 205 Å². The highest BCUT2D eigenvalue weighted by Crippen LogP contribution is 2.62. The molecule has 0 radical (unpaired) electrons. The normalized spacial score (nSPS) is 16.3. The van der Waals surface area contributed by atoms with E-state index in [-0.39, 0.29) is 33.2 Å². The van der Waals surface area contributed by atoms with Crippen molar-refractivity contribution < 1.29 is 9.11 Å². The molecule has 2 heterocycles. The van der Waals surface area contributed by atoms with Crippen molar-refractivity contribution >= 4 is 45.9 Å². The monoisotopic (exact) mass is 496 g/mol. The van der Waals surface area contributed by atoms with E-state index in [0.29, 0.717) is 22.6 Å². The van der Waals surface area contributed by atoms with Crippen LogP contribution in [0.15, 0.2) is 59.1 Å². The van der Waals surface area contributed by atoms with Gasteiger partial charge in [0.25, 0.3) is 0 Å². The molecule has 4 rings (SSSR count). The summed E-state index contributed by atoms with van der Waals surface area (Å²) in [6.45, 7) is 5.67. The van der Waals surface area contributed by atoms with Crippen molar-refractivity contribution in [3.8, 4) is 6.07 Å². The van der Waals surface area contributed by atoms with E-state index in [1.807, 2.05) is 38.1 Å². The molecular formula is C24H25ClN6O2S. The van der Waals surface area contributed by atoms with Crippen LogP contribution in [0.3, 0.4) is 0 Å². The number of nitriles is 1. The summed E-state index contributed by atoms with van der Waals surface area (Å²) >= 11 is 6.44. The third-order valence-electron chi connectivity index (χ3n) is 5.55. The van der Waals surface area contributed by atoms with Crippen LogP contribution in [0.4, 0.5) is 17.5 Å². The number of fused-ring (bicyclic) bond motifs is 1. The number of anilines is 3. The standard InChI is InChI=1S/C24H25ClN6O2S/c1-14(2)21(29-23-18(13-26)15(3)28-24(27)30-23)20-12-16-8-7-11-19(25)22(16)34(32,33)31(20)17-9-5-4-6-10-17/h4-12,14,21,32-33H,1-3H3,(H3,27,28,29,30)/t21-/m0/s1. The summed E-state index contributed by atoms with van der Waals surface area (Å²) < 4.78 is 24.7. The zero-order chi connectivity index (χ0) is 24.6. The van der Waals surface area contributed by atoms with Crippen molar-refractivity contribution in [3.05, 3.63) is 76.1 Å². The first kappa shape index (κ1) is 23.9. The molecule has 0 unspecified atom stereocenters. The Morgan fingerprint density at radius 2 is 1.82 bits per heavy atom. The largest absolute Gasteiger partial charge is 0.368 e. The summed E-state index contributed by atoms with van der Waals surface area (Å²) in [7, 11) is -3.55. The van der Waals surface area contributed by atoms with Crippen LogP contribution in [0.2, 0.25) is 5.02 Å². The number of hydrogen-bond acceptors (Lipinski definition) is 8. The quantitative estimate of drug-likeness (QED) is 0.342. The Hall–Kier alpha value is -3.29. The van der Waals surface area contributed by atoms with Crippen LogP contribution >= 0.6 is 22.4 Å². The highest BCUT2D eigenvalue weighted by atomic mass is 35.5. The summed E-state index contributed by atoms with van der Waals surface area (Å²) in [5.41, 5.74) is 8.39. The van der Waals surface area contributed by atoms with Crippen LogP contribution in [-0.4, -0.2) is 25.1 Å². The highest BCUT2D eigenvalue weighted by molar-refractivity contribution is 8.25. The minimum Gasteiger partial charge on any atom is -0.368 e. The van der Waals surface area contributed by atoms with Crippen LogP contribution in [0.1, 0.15) is 30.7 Å². The molecule has 3 aromatic rings. The third-order valence-corrected chi connectivity index (χ3v) is 7.91. The molecule has 8 nitrogen and oxygen atoms in total. The lowest BCUT2D eigenvalue weighted by Crippen LogP contribution is -2.41. The first-order chi connectivity index (χ1) is 16.1. The average molecular weight is 497 g/mol. The van der Waals surface area contributed by atoms with Crippen LogP contribution in [0, 0.1) is 24.2 Å². The molecule has 34 heavy (non-hydrogen) atoms. The summed E-state index contributed by atoms with van der Waals surface area (Å²) in [5, 5.41) is 13.3. The topological polar surface area (TPSA) is 131 Å². The Balaban J connectivity index is 1.94. The summed E-state index contributed by atoms with van der Waals surface area (Å²) in [6, 6.07) is 16.0. The number of aromatic nitrogens is 2. The van der Waals surface area contributed by atoms with Crippen molar-refractivity contribution in [3.63, 3.8) is 0 Å². The predicted molar refractivity (Wildman–Crippen MR) is 138 cm³/mol. The lowest BCUT2D eigenvalue weighted by atomic mass is 9.97. The number of halogens is 1. The molecule has 10 heteroatoms. The Morgan fingerprint density at radius 3 is 2.47 bits per heavy atom. The van der Waals surface area contributed by atoms with Gasteiger partial charge in [-0.15, -0.1) is 0 Å². The minimum atomic E-state index is -3.55. The van der Waals surface area contributed by atoms with E-state index >= 15 is 0 Å². The van der Waals surface area contributed by atoms with Gasteiger partial charge in [0.2, 0.25) is 5.95 Å². The number of rotatable bonds is 5. The van der Waals surface area contributed by atoms with Gasteiger partial charge in [0.05, 0.1) is 28.1 Å². The van der Waals surface area contributed by atoms with Crippen molar-refractivity contribution in [2.75, 3.05) is 15.4 Å². The fourth-order valence-corrected chi connectivity index (χ4v) is 6.35. The number of aryl methyl sites for hydroxylation is 1. The maximum Gasteiger partial charge on any atom is 0.222 e. The molecule has 0 fully saturated rings. The van der Waals surface area contributed by atoms with Gasteiger partial charge in [-0.3, -0.25) is 9.11 Å². The van der Waals surface area contributed by atoms with Crippen LogP contribution in [-0.2, 0) is 0 Å². The van der Waals surface area contributed by atoms with Crippen LogP contribution < -0.4 is 15.4 Å². The number of benzene rings is 2. The average Bonchev–Trinajstić information content (AvgIpc) is 2.76. The van der Waals surface area contributed by atoms with Gasteiger partial charge in [0, 0.05) is 5.56 Å². The summed E-state index contributed by atoms with van der Waals surface area (Å²) in [5.74, 6) is 0.283. The van der Waals surface area contributed by atoms with E-state index in [9.17, 15) is 14.4 Å². The lowest BCUT2D eigenvalue weighted by Gasteiger charge is -2.50. The summed E-state index contributed by atoms with van der Waals surface area (Å²) in [6.07, 6.45) is 1.88. The molecule has 2 aromatic carbocycles. The van der Waals surface area contributed by atoms with Gasteiger partial charge in [0.15, 0.2) is 0 Å². The number of hydrogen-bond donors (Lipinski definition) is 4. The lowest BCUT2D eigenvalue weighted by molar-refractivity contribution is 0.478. The molecule has 5 N–H and O–H groups in total. The van der Waals surface area contributed by atoms with E-state index in [2.05, 4.69) is 21.4 Å². The van der Waals surface area contributed by atoms with E-state index in [1.165, 1.54) is 4.31 Å². The number of nitrogens with two attached hydrogens (primary N) is 1. The zero-order valence-corrected chi connectivity index (χ0v) is 20.5. The fourth-order valence-electron chi connectivity index (χ4n) is 4.02. The summed E-state index contributed by atoms with van der Waals surface area (Å²) in [4.78, 5) is 8.62. The van der Waals surface area contributed by atoms with Crippen molar-refractivity contribution in [2.45, 2.75) is 31.7 Å². The highest BCUT2D eigenvalue weighted by Gasteiger charge is 2.40. The number of para-hydroxylation sites is 1. The molecular weight excluding hydrogens is 472 g/mol. The minimum absolute atomic E-state index is 0.0421. The third kappa shape index (κ3) is 4.17. The fraction of sp³-hybridized carbons (Fsp3) is 0.208. The van der Waals surface area contributed by atoms with Gasteiger partial charge in [-0.25, -0.2) is 9.29 Å². The molecule has 0 amide bonds. The molecule has 1 aromatic heterocycles. The second kappa shape index (κ2) is 9.16. The van der Waals surface area contributed by atoms with E-state index in [4.69, 9.17) is 17.3 Å². The molecule has 0 aliphatic carbocycles. The predicted octanol–water partition coefficient (Wildman–Crippen LogP) is 5.91. The van der Waals surface area contributed by atoms with E-state index in [1.54, 1.807) is 37.3 Å². The van der Waals surface area contributed by atoms with E-state index in [0.717, 1.165) is 0 Å². The van der Waals surface area contributed by atoms with Gasteiger partial charge < -0.3 is 11.1 Å². The molecule has 0 bridgehead atoms. The second-order valence-electron chi connectivity index (χ2n) is 8.24. The molecule has 1 atom stereocenters. The number of nitrogen functional groups attached to an aromatic ring is 1. The molecule has 0 saturated heterocycles. The SMILES string of the molecule is Cc1nc(N)nc(N[C@H](C2=Cc3cccc(Cl)c3S(O)(O)N2c2ccccc2)C(C)C)c1C#N. The molecule has 176 valence electrons. The molecule has 1 aliphatic heterocycles. The Bertz CT molecular complexity index is 1310. The van der Waals surface area contributed by atoms with Crippen molar-refractivity contribution in [1.29, 1.82) is 5.26 Å². The maximum atomic E-state index is 11.6. The smallest absolute Gasteiger partial charge is 0.222 e. The first-order valence-corrected chi connectivity index (χ1v) is 12.5. The maximum absolute atomic E-state index is 11.6.